The van der Waals surface area contributed by atoms with Gasteiger partial charge in [0.25, 0.3) is 0 Å². The predicted octanol–water partition coefficient (Wildman–Crippen LogP) is 2.08. The highest BCUT2D eigenvalue weighted by molar-refractivity contribution is 5.87. The number of carbonyl (C=O) groups excluding carboxylic acids is 1. The van der Waals surface area contributed by atoms with Gasteiger partial charge in [0, 0.05) is 12.0 Å². The summed E-state index contributed by atoms with van der Waals surface area (Å²) in [4.78, 5) is 11.9. The zero-order valence-corrected chi connectivity index (χ0v) is 10.6. The van der Waals surface area contributed by atoms with Crippen LogP contribution in [0.2, 0.25) is 0 Å². The summed E-state index contributed by atoms with van der Waals surface area (Å²) in [5.74, 6) is 0.0820. The van der Waals surface area contributed by atoms with Gasteiger partial charge in [-0.2, -0.15) is 0 Å². The minimum absolute atomic E-state index is 0.153. The number of methoxy groups -OCH3 is 1. The van der Waals surface area contributed by atoms with E-state index in [4.69, 9.17) is 4.74 Å². The molecule has 0 bridgehead atoms. The Bertz CT molecular complexity index is 402. The van der Waals surface area contributed by atoms with Gasteiger partial charge in [-0.3, -0.25) is 10.1 Å². The Morgan fingerprint density at radius 2 is 2.06 bits per heavy atom. The average molecular weight is 233 g/mol. The van der Waals surface area contributed by atoms with Crippen LogP contribution in [0.25, 0.3) is 0 Å². The molecule has 2 atom stereocenters. The van der Waals surface area contributed by atoms with Gasteiger partial charge in [0.1, 0.15) is 5.54 Å². The van der Waals surface area contributed by atoms with E-state index in [9.17, 15) is 4.79 Å². The van der Waals surface area contributed by atoms with Crippen molar-refractivity contribution in [3.8, 4) is 0 Å². The van der Waals surface area contributed by atoms with Crippen LogP contribution < -0.4 is 5.32 Å². The summed E-state index contributed by atoms with van der Waals surface area (Å²) < 4.78 is 4.93. The molecule has 1 saturated carbocycles. The molecular formula is C14H19NO2. The minimum atomic E-state index is -0.510. The molecule has 0 amide bonds. The maximum Gasteiger partial charge on any atom is 0.326 e. The number of hydrogen-bond donors (Lipinski definition) is 1. The van der Waals surface area contributed by atoms with Crippen molar-refractivity contribution in [1.29, 1.82) is 0 Å². The third-order valence-electron chi connectivity index (χ3n) is 3.26. The van der Waals surface area contributed by atoms with Crippen molar-refractivity contribution in [3.63, 3.8) is 0 Å². The Morgan fingerprint density at radius 3 is 2.59 bits per heavy atom. The highest BCUT2D eigenvalue weighted by Gasteiger charge is 2.61. The van der Waals surface area contributed by atoms with Gasteiger partial charge in [-0.05, 0) is 25.8 Å². The first-order valence-corrected chi connectivity index (χ1v) is 6.01. The van der Waals surface area contributed by atoms with Crippen molar-refractivity contribution in [2.45, 2.75) is 37.8 Å². The molecule has 17 heavy (non-hydrogen) atoms. The van der Waals surface area contributed by atoms with Gasteiger partial charge >= 0.3 is 5.97 Å². The van der Waals surface area contributed by atoms with E-state index in [1.165, 1.54) is 12.7 Å². The Hall–Kier alpha value is -1.35. The first kappa shape index (κ1) is 12.1. The van der Waals surface area contributed by atoms with Crippen LogP contribution in [-0.2, 0) is 9.53 Å². The summed E-state index contributed by atoms with van der Waals surface area (Å²) in [6, 6.07) is 10.4. The molecule has 1 aromatic rings. The third kappa shape index (κ3) is 2.20. The molecule has 0 spiro atoms. The highest BCUT2D eigenvalue weighted by Crippen LogP contribution is 2.52. The van der Waals surface area contributed by atoms with Crippen LogP contribution in [0.5, 0.6) is 0 Å². The summed E-state index contributed by atoms with van der Waals surface area (Å²) in [6.07, 6.45) is 0.821. The number of rotatable bonds is 4. The maximum absolute atomic E-state index is 11.9. The van der Waals surface area contributed by atoms with E-state index < -0.39 is 5.54 Å². The lowest BCUT2D eigenvalue weighted by Crippen LogP contribution is -2.45. The Balaban J connectivity index is 2.20. The molecule has 3 nitrogen and oxygen atoms in total. The van der Waals surface area contributed by atoms with Crippen molar-refractivity contribution in [2.24, 2.45) is 0 Å². The lowest BCUT2D eigenvalue weighted by molar-refractivity contribution is -0.144. The van der Waals surface area contributed by atoms with E-state index in [0.717, 1.165) is 6.42 Å². The molecule has 0 saturated heterocycles. The molecule has 92 valence electrons. The largest absolute Gasteiger partial charge is 0.468 e. The van der Waals surface area contributed by atoms with Crippen LogP contribution in [-0.4, -0.2) is 24.7 Å². The Labute approximate surface area is 102 Å². The summed E-state index contributed by atoms with van der Waals surface area (Å²) in [5, 5.41) is 3.35. The SMILES string of the molecule is COC(=O)C1(NC(C)C)CC1c1ccccc1. The molecule has 0 aliphatic heterocycles. The Kier molecular flexibility index (Phi) is 3.20. The monoisotopic (exact) mass is 233 g/mol. The van der Waals surface area contributed by atoms with Gasteiger partial charge in [-0.1, -0.05) is 30.3 Å². The first-order valence-electron chi connectivity index (χ1n) is 6.01. The zero-order chi connectivity index (χ0) is 12.5. The quantitative estimate of drug-likeness (QED) is 0.809. The molecule has 1 fully saturated rings. The highest BCUT2D eigenvalue weighted by atomic mass is 16.5. The van der Waals surface area contributed by atoms with Crippen LogP contribution in [0.15, 0.2) is 30.3 Å². The maximum atomic E-state index is 11.9. The smallest absolute Gasteiger partial charge is 0.326 e. The normalized spacial score (nSPS) is 26.9. The van der Waals surface area contributed by atoms with Gasteiger partial charge < -0.3 is 4.74 Å². The van der Waals surface area contributed by atoms with Crippen LogP contribution >= 0.6 is 0 Å². The fourth-order valence-corrected chi connectivity index (χ4v) is 2.49. The lowest BCUT2D eigenvalue weighted by atomic mass is 10.1. The second kappa shape index (κ2) is 4.49. The first-order chi connectivity index (χ1) is 8.10. The molecule has 0 heterocycles. The van der Waals surface area contributed by atoms with E-state index in [0.29, 0.717) is 0 Å². The van der Waals surface area contributed by atoms with E-state index in [2.05, 4.69) is 17.4 Å². The number of hydrogen-bond acceptors (Lipinski definition) is 3. The fraction of sp³-hybridized carbons (Fsp3) is 0.500. The second-order valence-electron chi connectivity index (χ2n) is 4.93. The average Bonchev–Trinajstić information content (AvgIpc) is 3.04. The van der Waals surface area contributed by atoms with Crippen molar-refractivity contribution in [2.75, 3.05) is 7.11 Å². The van der Waals surface area contributed by atoms with Crippen molar-refractivity contribution < 1.29 is 9.53 Å². The van der Waals surface area contributed by atoms with Crippen molar-refractivity contribution >= 4 is 5.97 Å². The fourth-order valence-electron chi connectivity index (χ4n) is 2.49. The molecule has 2 rings (SSSR count). The number of ether oxygens (including phenoxy) is 1. The number of benzene rings is 1. The molecule has 2 unspecified atom stereocenters. The van der Waals surface area contributed by atoms with Crippen LogP contribution in [0.4, 0.5) is 0 Å². The van der Waals surface area contributed by atoms with Crippen molar-refractivity contribution in [1.82, 2.24) is 5.32 Å². The Morgan fingerprint density at radius 1 is 1.41 bits per heavy atom. The van der Waals surface area contributed by atoms with E-state index >= 15 is 0 Å². The van der Waals surface area contributed by atoms with E-state index in [1.54, 1.807) is 0 Å². The van der Waals surface area contributed by atoms with Crippen LogP contribution in [0.3, 0.4) is 0 Å². The van der Waals surface area contributed by atoms with Gasteiger partial charge in [-0.15, -0.1) is 0 Å². The summed E-state index contributed by atoms with van der Waals surface area (Å²) in [7, 11) is 1.45. The number of nitrogens with one attached hydrogen (secondary N) is 1. The molecule has 3 heteroatoms. The molecule has 0 aromatic heterocycles. The lowest BCUT2D eigenvalue weighted by Gasteiger charge is -2.19. The number of esters is 1. The van der Waals surface area contributed by atoms with Gasteiger partial charge in [0.2, 0.25) is 0 Å². The van der Waals surface area contributed by atoms with Gasteiger partial charge in [0.15, 0.2) is 0 Å². The molecule has 1 aliphatic carbocycles. The molecule has 0 radical (unpaired) electrons. The summed E-state index contributed by atoms with van der Waals surface area (Å²) in [5.41, 5.74) is 0.690. The van der Waals surface area contributed by atoms with Crippen LogP contribution in [0.1, 0.15) is 31.7 Å². The second-order valence-corrected chi connectivity index (χ2v) is 4.93. The molecule has 1 aromatic carbocycles. The predicted molar refractivity (Wildman–Crippen MR) is 66.8 cm³/mol. The zero-order valence-electron chi connectivity index (χ0n) is 10.6. The third-order valence-corrected chi connectivity index (χ3v) is 3.26. The minimum Gasteiger partial charge on any atom is -0.468 e. The van der Waals surface area contributed by atoms with Crippen LogP contribution in [0, 0.1) is 0 Å². The number of carbonyl (C=O) groups is 1. The van der Waals surface area contributed by atoms with Crippen molar-refractivity contribution in [3.05, 3.63) is 35.9 Å². The molecule has 1 aliphatic rings. The topological polar surface area (TPSA) is 38.3 Å². The molecule has 1 N–H and O–H groups in total. The van der Waals surface area contributed by atoms with E-state index in [1.807, 2.05) is 32.0 Å². The summed E-state index contributed by atoms with van der Waals surface area (Å²) in [6.45, 7) is 4.09. The molecular weight excluding hydrogens is 214 g/mol. The standard InChI is InChI=1S/C14H19NO2/c1-10(2)15-14(13(16)17-3)9-12(14)11-7-5-4-6-8-11/h4-8,10,12,15H,9H2,1-3H3. The van der Waals surface area contributed by atoms with Gasteiger partial charge in [0.05, 0.1) is 7.11 Å². The van der Waals surface area contributed by atoms with E-state index in [-0.39, 0.29) is 17.9 Å². The summed E-state index contributed by atoms with van der Waals surface area (Å²) >= 11 is 0. The van der Waals surface area contributed by atoms with Gasteiger partial charge in [-0.25, -0.2) is 0 Å².